The van der Waals surface area contributed by atoms with Crippen LogP contribution in [0, 0.1) is 17.7 Å². The highest BCUT2D eigenvalue weighted by atomic mass is 19.1. The first kappa shape index (κ1) is 14.0. The second-order valence-electron chi connectivity index (χ2n) is 5.79. The normalized spacial score (nSPS) is 17.0. The predicted octanol–water partition coefficient (Wildman–Crippen LogP) is 3.90. The smallest absolute Gasteiger partial charge is 0.161 e. The second-order valence-corrected chi connectivity index (χ2v) is 5.79. The summed E-state index contributed by atoms with van der Waals surface area (Å²) in [5, 5.41) is 0. The van der Waals surface area contributed by atoms with Crippen molar-refractivity contribution in [2.75, 3.05) is 18.0 Å². The summed E-state index contributed by atoms with van der Waals surface area (Å²) in [6.07, 6.45) is 2.29. The Balaban J connectivity index is 2.17. The zero-order chi connectivity index (χ0) is 14.0. The standard InChI is InChI=1S/C16H22FNO/c1-11(2)13-6-8-18(9-7-13)16-5-4-14(17)10-15(16)12(3)19/h4-5,10-11,13H,6-9H2,1-3H3. The van der Waals surface area contributed by atoms with Gasteiger partial charge in [0.05, 0.1) is 0 Å². The Hall–Kier alpha value is -1.38. The van der Waals surface area contributed by atoms with Gasteiger partial charge in [-0.25, -0.2) is 4.39 Å². The zero-order valence-corrected chi connectivity index (χ0v) is 11.9. The lowest BCUT2D eigenvalue weighted by Crippen LogP contribution is -2.36. The maximum atomic E-state index is 13.3. The largest absolute Gasteiger partial charge is 0.371 e. The van der Waals surface area contributed by atoms with Gasteiger partial charge < -0.3 is 4.90 Å². The van der Waals surface area contributed by atoms with Crippen LogP contribution in [0.25, 0.3) is 0 Å². The lowest BCUT2D eigenvalue weighted by atomic mass is 9.86. The van der Waals surface area contributed by atoms with Crippen LogP contribution in [0.15, 0.2) is 18.2 Å². The van der Waals surface area contributed by atoms with E-state index in [1.807, 2.05) is 0 Å². The average Bonchev–Trinajstić information content (AvgIpc) is 2.38. The molecule has 1 aliphatic heterocycles. The van der Waals surface area contributed by atoms with Crippen molar-refractivity contribution in [3.05, 3.63) is 29.6 Å². The molecule has 0 bridgehead atoms. The second kappa shape index (κ2) is 5.72. The molecule has 1 aromatic rings. The molecule has 19 heavy (non-hydrogen) atoms. The third-order valence-corrected chi connectivity index (χ3v) is 4.16. The fourth-order valence-electron chi connectivity index (χ4n) is 2.87. The monoisotopic (exact) mass is 263 g/mol. The summed E-state index contributed by atoms with van der Waals surface area (Å²) >= 11 is 0. The molecule has 0 atom stereocenters. The molecule has 0 aromatic heterocycles. The SMILES string of the molecule is CC(=O)c1cc(F)ccc1N1CCC(C(C)C)CC1. The van der Waals surface area contributed by atoms with Crippen LogP contribution in [0.4, 0.5) is 10.1 Å². The van der Waals surface area contributed by atoms with E-state index in [1.165, 1.54) is 19.1 Å². The van der Waals surface area contributed by atoms with Gasteiger partial charge in [-0.1, -0.05) is 13.8 Å². The molecule has 1 aromatic carbocycles. The summed E-state index contributed by atoms with van der Waals surface area (Å²) in [6, 6.07) is 4.53. The molecule has 0 spiro atoms. The minimum Gasteiger partial charge on any atom is -0.371 e. The fraction of sp³-hybridized carbons (Fsp3) is 0.562. The Bertz CT molecular complexity index is 462. The number of anilines is 1. The summed E-state index contributed by atoms with van der Waals surface area (Å²) in [6.45, 7) is 7.93. The van der Waals surface area contributed by atoms with Crippen molar-refractivity contribution in [2.45, 2.75) is 33.6 Å². The third-order valence-electron chi connectivity index (χ3n) is 4.16. The van der Waals surface area contributed by atoms with E-state index in [0.29, 0.717) is 11.5 Å². The molecular formula is C16H22FNO. The first-order chi connectivity index (χ1) is 8.99. The highest BCUT2D eigenvalue weighted by Gasteiger charge is 2.23. The van der Waals surface area contributed by atoms with Crippen LogP contribution in [0.1, 0.15) is 44.0 Å². The number of Topliss-reactive ketones (excluding diaryl/α,β-unsaturated/α-hetero) is 1. The van der Waals surface area contributed by atoms with Crippen LogP contribution >= 0.6 is 0 Å². The predicted molar refractivity (Wildman–Crippen MR) is 76.2 cm³/mol. The number of piperidine rings is 1. The van der Waals surface area contributed by atoms with Gasteiger partial charge in [0.1, 0.15) is 5.82 Å². The van der Waals surface area contributed by atoms with Gasteiger partial charge in [-0.3, -0.25) is 4.79 Å². The quantitative estimate of drug-likeness (QED) is 0.771. The molecule has 0 radical (unpaired) electrons. The van der Waals surface area contributed by atoms with Gasteiger partial charge in [0.15, 0.2) is 5.78 Å². The van der Waals surface area contributed by atoms with E-state index in [4.69, 9.17) is 0 Å². The van der Waals surface area contributed by atoms with Gasteiger partial charge in [0, 0.05) is 24.3 Å². The van der Waals surface area contributed by atoms with E-state index in [1.54, 1.807) is 6.07 Å². The Morgan fingerprint density at radius 3 is 2.47 bits per heavy atom. The summed E-state index contributed by atoms with van der Waals surface area (Å²) in [5.74, 6) is 1.06. The lowest BCUT2D eigenvalue weighted by Gasteiger charge is -2.36. The van der Waals surface area contributed by atoms with E-state index in [2.05, 4.69) is 18.7 Å². The number of benzene rings is 1. The number of halogens is 1. The van der Waals surface area contributed by atoms with Crippen molar-refractivity contribution in [1.82, 2.24) is 0 Å². The summed E-state index contributed by atoms with van der Waals surface area (Å²) in [4.78, 5) is 13.9. The number of hydrogen-bond acceptors (Lipinski definition) is 2. The van der Waals surface area contributed by atoms with Crippen LogP contribution < -0.4 is 4.90 Å². The van der Waals surface area contributed by atoms with E-state index in [-0.39, 0.29) is 11.6 Å². The lowest BCUT2D eigenvalue weighted by molar-refractivity contribution is 0.101. The highest BCUT2D eigenvalue weighted by molar-refractivity contribution is 5.99. The molecule has 104 valence electrons. The van der Waals surface area contributed by atoms with E-state index in [0.717, 1.165) is 37.5 Å². The molecule has 2 nitrogen and oxygen atoms in total. The van der Waals surface area contributed by atoms with Crippen molar-refractivity contribution >= 4 is 11.5 Å². The van der Waals surface area contributed by atoms with Gasteiger partial charge in [0.25, 0.3) is 0 Å². The summed E-state index contributed by atoms with van der Waals surface area (Å²) in [7, 11) is 0. The number of nitrogens with zero attached hydrogens (tertiary/aromatic N) is 1. The summed E-state index contributed by atoms with van der Waals surface area (Å²) < 4.78 is 13.3. The third kappa shape index (κ3) is 3.14. The van der Waals surface area contributed by atoms with E-state index in [9.17, 15) is 9.18 Å². The number of ketones is 1. The zero-order valence-electron chi connectivity index (χ0n) is 11.9. The number of rotatable bonds is 3. The Morgan fingerprint density at radius 2 is 1.95 bits per heavy atom. The van der Waals surface area contributed by atoms with Crippen LogP contribution in [0.2, 0.25) is 0 Å². The fourth-order valence-corrected chi connectivity index (χ4v) is 2.87. The van der Waals surface area contributed by atoms with Crippen LogP contribution in [0.5, 0.6) is 0 Å². The minimum atomic E-state index is -0.342. The Morgan fingerprint density at radius 1 is 1.32 bits per heavy atom. The molecule has 1 heterocycles. The molecule has 1 saturated heterocycles. The number of carbonyl (C=O) groups is 1. The molecule has 0 unspecified atom stereocenters. The molecule has 1 aliphatic rings. The van der Waals surface area contributed by atoms with Crippen molar-refractivity contribution in [3.63, 3.8) is 0 Å². The molecule has 1 fully saturated rings. The highest BCUT2D eigenvalue weighted by Crippen LogP contribution is 2.30. The maximum absolute atomic E-state index is 13.3. The first-order valence-corrected chi connectivity index (χ1v) is 7.04. The first-order valence-electron chi connectivity index (χ1n) is 7.04. The van der Waals surface area contributed by atoms with Crippen molar-refractivity contribution in [1.29, 1.82) is 0 Å². The molecule has 0 amide bonds. The van der Waals surface area contributed by atoms with Crippen molar-refractivity contribution in [2.24, 2.45) is 11.8 Å². The molecule has 0 aliphatic carbocycles. The van der Waals surface area contributed by atoms with Crippen molar-refractivity contribution < 1.29 is 9.18 Å². The van der Waals surface area contributed by atoms with Crippen LogP contribution in [0.3, 0.4) is 0 Å². The average molecular weight is 263 g/mol. The van der Waals surface area contributed by atoms with E-state index < -0.39 is 0 Å². The molecule has 2 rings (SSSR count). The molecule has 0 saturated carbocycles. The van der Waals surface area contributed by atoms with Crippen LogP contribution in [-0.4, -0.2) is 18.9 Å². The maximum Gasteiger partial charge on any atom is 0.161 e. The Kier molecular flexibility index (Phi) is 4.23. The topological polar surface area (TPSA) is 20.3 Å². The molecule has 0 N–H and O–H groups in total. The van der Waals surface area contributed by atoms with Gasteiger partial charge in [-0.05, 0) is 49.8 Å². The number of hydrogen-bond donors (Lipinski definition) is 0. The van der Waals surface area contributed by atoms with Crippen molar-refractivity contribution in [3.8, 4) is 0 Å². The van der Waals surface area contributed by atoms with Gasteiger partial charge >= 0.3 is 0 Å². The van der Waals surface area contributed by atoms with Gasteiger partial charge in [0.2, 0.25) is 0 Å². The van der Waals surface area contributed by atoms with Gasteiger partial charge in [-0.2, -0.15) is 0 Å². The minimum absolute atomic E-state index is 0.0690. The van der Waals surface area contributed by atoms with Gasteiger partial charge in [-0.15, -0.1) is 0 Å². The summed E-state index contributed by atoms with van der Waals surface area (Å²) in [5.41, 5.74) is 1.39. The van der Waals surface area contributed by atoms with Crippen LogP contribution in [-0.2, 0) is 0 Å². The van der Waals surface area contributed by atoms with E-state index >= 15 is 0 Å². The Labute approximate surface area is 114 Å². The number of carbonyl (C=O) groups excluding carboxylic acids is 1. The molecule has 3 heteroatoms. The molecular weight excluding hydrogens is 241 g/mol.